The molecule has 0 bridgehead atoms. The quantitative estimate of drug-likeness (QED) is 0.177. The molecular formula is C48H42N4. The van der Waals surface area contributed by atoms with Crippen LogP contribution in [0.4, 0.5) is 11.4 Å². The Labute approximate surface area is 306 Å². The summed E-state index contributed by atoms with van der Waals surface area (Å²) in [7, 11) is 0. The molecule has 0 spiro atoms. The van der Waals surface area contributed by atoms with Gasteiger partial charge >= 0.3 is 0 Å². The number of nitrogens with zero attached hydrogens (tertiary/aromatic N) is 2. The maximum atomic E-state index is 5.29. The fourth-order valence-electron chi connectivity index (χ4n) is 8.21. The van der Waals surface area contributed by atoms with Crippen LogP contribution in [0.3, 0.4) is 0 Å². The van der Waals surface area contributed by atoms with Crippen LogP contribution in [0.1, 0.15) is 71.4 Å². The molecule has 0 saturated heterocycles. The number of rotatable bonds is 7. The summed E-state index contributed by atoms with van der Waals surface area (Å²) in [4.78, 5) is 7.90. The van der Waals surface area contributed by atoms with Gasteiger partial charge in [0.2, 0.25) is 0 Å². The van der Waals surface area contributed by atoms with Crippen molar-refractivity contribution >= 4 is 22.8 Å². The Hall–Kier alpha value is -5.97. The Kier molecular flexibility index (Phi) is 8.38. The van der Waals surface area contributed by atoms with Gasteiger partial charge in [-0.15, -0.1) is 0 Å². The lowest BCUT2D eigenvalue weighted by Crippen LogP contribution is -2.45. The SMILES string of the molecule is CC(C)c1c(-c2ccccc2)ccc2c1N(c1cccc(C3N=C(c4ccccc4)NC(c4ccccc4)N3)c1)C1C=CC(c3ccccc3)=CC21. The van der Waals surface area contributed by atoms with Crippen molar-refractivity contribution in [2.45, 2.75) is 44.1 Å². The minimum absolute atomic E-state index is 0.0942. The first-order valence-corrected chi connectivity index (χ1v) is 18.4. The van der Waals surface area contributed by atoms with E-state index in [2.05, 4.69) is 199 Å². The van der Waals surface area contributed by atoms with Gasteiger partial charge in [0.25, 0.3) is 0 Å². The van der Waals surface area contributed by atoms with Crippen LogP contribution in [-0.4, -0.2) is 11.9 Å². The second-order valence-corrected chi connectivity index (χ2v) is 14.2. The number of nitrogens with one attached hydrogen (secondary N) is 2. The van der Waals surface area contributed by atoms with Gasteiger partial charge in [-0.05, 0) is 62.6 Å². The van der Waals surface area contributed by atoms with Gasteiger partial charge in [-0.3, -0.25) is 5.32 Å². The third-order valence-corrected chi connectivity index (χ3v) is 10.6. The Balaban J connectivity index is 1.18. The number of benzene rings is 6. The molecule has 6 aromatic rings. The molecule has 2 N–H and O–H groups in total. The second-order valence-electron chi connectivity index (χ2n) is 14.2. The van der Waals surface area contributed by atoms with Gasteiger partial charge in [-0.1, -0.05) is 178 Å². The number of fused-ring (bicyclic) bond motifs is 3. The smallest absolute Gasteiger partial charge is 0.131 e. The Morgan fingerprint density at radius 3 is 1.96 bits per heavy atom. The highest BCUT2D eigenvalue weighted by Crippen LogP contribution is 2.54. The minimum atomic E-state index is -0.244. The summed E-state index contributed by atoms with van der Waals surface area (Å²) in [6.07, 6.45) is 6.90. The fraction of sp³-hybridized carbons (Fsp3) is 0.146. The zero-order valence-electron chi connectivity index (χ0n) is 29.5. The van der Waals surface area contributed by atoms with Crippen LogP contribution < -0.4 is 15.5 Å². The molecule has 0 aromatic heterocycles. The first-order chi connectivity index (χ1) is 25.6. The van der Waals surface area contributed by atoms with Crippen molar-refractivity contribution in [1.29, 1.82) is 0 Å². The van der Waals surface area contributed by atoms with Gasteiger partial charge in [0, 0.05) is 22.9 Å². The molecule has 2 aliphatic heterocycles. The Morgan fingerprint density at radius 2 is 1.27 bits per heavy atom. The van der Waals surface area contributed by atoms with Crippen LogP contribution >= 0.6 is 0 Å². The third-order valence-electron chi connectivity index (χ3n) is 10.6. The van der Waals surface area contributed by atoms with Gasteiger partial charge in [0.15, 0.2) is 0 Å². The van der Waals surface area contributed by atoms with Gasteiger partial charge in [0.05, 0.1) is 6.04 Å². The van der Waals surface area contributed by atoms with E-state index >= 15 is 0 Å². The van der Waals surface area contributed by atoms with Crippen LogP contribution in [0.5, 0.6) is 0 Å². The molecule has 6 aromatic carbocycles. The van der Waals surface area contributed by atoms with Crippen LogP contribution in [0, 0.1) is 0 Å². The predicted octanol–water partition coefficient (Wildman–Crippen LogP) is 11.1. The molecule has 254 valence electrons. The molecule has 52 heavy (non-hydrogen) atoms. The summed E-state index contributed by atoms with van der Waals surface area (Å²) in [6, 6.07) is 56.6. The average Bonchev–Trinajstić information content (AvgIpc) is 3.55. The molecule has 2 heterocycles. The maximum absolute atomic E-state index is 5.29. The largest absolute Gasteiger partial charge is 0.350 e. The summed E-state index contributed by atoms with van der Waals surface area (Å²) >= 11 is 0. The van der Waals surface area contributed by atoms with Gasteiger partial charge in [-0.25, -0.2) is 4.99 Å². The number of allylic oxidation sites excluding steroid dienone is 2. The van der Waals surface area contributed by atoms with E-state index in [0.29, 0.717) is 5.92 Å². The summed E-state index contributed by atoms with van der Waals surface area (Å²) in [6.45, 7) is 4.67. The monoisotopic (exact) mass is 674 g/mol. The molecule has 0 saturated carbocycles. The maximum Gasteiger partial charge on any atom is 0.131 e. The van der Waals surface area contributed by atoms with Crippen LogP contribution in [-0.2, 0) is 0 Å². The molecule has 4 heteroatoms. The molecule has 0 fully saturated rings. The van der Waals surface area contributed by atoms with Crippen molar-refractivity contribution in [2.75, 3.05) is 4.90 Å². The first kappa shape index (κ1) is 32.0. The topological polar surface area (TPSA) is 39.7 Å². The van der Waals surface area contributed by atoms with E-state index in [1.54, 1.807) is 0 Å². The van der Waals surface area contributed by atoms with E-state index < -0.39 is 0 Å². The zero-order chi connectivity index (χ0) is 35.0. The van der Waals surface area contributed by atoms with E-state index in [0.717, 1.165) is 17.0 Å². The normalized spacial score (nSPS) is 20.5. The van der Waals surface area contributed by atoms with Crippen molar-refractivity contribution < 1.29 is 0 Å². The van der Waals surface area contributed by atoms with Crippen molar-refractivity contribution in [1.82, 2.24) is 10.6 Å². The molecule has 0 amide bonds. The van der Waals surface area contributed by atoms with Gasteiger partial charge < -0.3 is 10.2 Å². The van der Waals surface area contributed by atoms with E-state index in [1.807, 2.05) is 6.07 Å². The molecule has 0 radical (unpaired) electrons. The molecular weight excluding hydrogens is 633 g/mol. The van der Waals surface area contributed by atoms with Crippen LogP contribution in [0.15, 0.2) is 181 Å². The van der Waals surface area contributed by atoms with Gasteiger partial charge in [-0.2, -0.15) is 0 Å². The first-order valence-electron chi connectivity index (χ1n) is 18.4. The third kappa shape index (κ3) is 5.85. The summed E-state index contributed by atoms with van der Waals surface area (Å²) < 4.78 is 0. The average molecular weight is 675 g/mol. The van der Waals surface area contributed by atoms with Crippen molar-refractivity contribution in [3.8, 4) is 11.1 Å². The standard InChI is InChI=1S/C48H42N4/c1-32(2)44-40(34-18-9-4-10-19-34)27-28-41-42-31-37(33-16-7-3-8-17-33)26-29-43(42)52(45(41)44)39-25-15-24-38(30-39)48-50-46(35-20-11-5-12-21-35)49-47(51-48)36-22-13-6-14-23-36/h3-32,42-43,46,48,50H,1-2H3,(H,49,51). The number of anilines is 2. The van der Waals surface area contributed by atoms with Crippen molar-refractivity contribution in [3.63, 3.8) is 0 Å². The molecule has 4 atom stereocenters. The van der Waals surface area contributed by atoms with Crippen LogP contribution in [0.2, 0.25) is 0 Å². The highest BCUT2D eigenvalue weighted by Gasteiger charge is 2.41. The molecule has 4 nitrogen and oxygen atoms in total. The van der Waals surface area contributed by atoms with E-state index in [-0.39, 0.29) is 24.3 Å². The number of hydrogen-bond acceptors (Lipinski definition) is 4. The van der Waals surface area contributed by atoms with E-state index in [1.165, 1.54) is 50.3 Å². The zero-order valence-corrected chi connectivity index (χ0v) is 29.5. The number of amidine groups is 1. The van der Waals surface area contributed by atoms with E-state index in [4.69, 9.17) is 4.99 Å². The van der Waals surface area contributed by atoms with Crippen molar-refractivity contribution in [3.05, 3.63) is 209 Å². The van der Waals surface area contributed by atoms with Gasteiger partial charge in [0.1, 0.15) is 18.2 Å². The summed E-state index contributed by atoms with van der Waals surface area (Å²) in [5.41, 5.74) is 13.7. The molecule has 9 rings (SSSR count). The van der Waals surface area contributed by atoms with E-state index in [9.17, 15) is 0 Å². The minimum Gasteiger partial charge on any atom is -0.350 e. The highest BCUT2D eigenvalue weighted by molar-refractivity contribution is 5.99. The lowest BCUT2D eigenvalue weighted by molar-refractivity contribution is 0.409. The highest BCUT2D eigenvalue weighted by atomic mass is 15.3. The predicted molar refractivity (Wildman–Crippen MR) is 216 cm³/mol. The van der Waals surface area contributed by atoms with Crippen molar-refractivity contribution in [2.24, 2.45) is 4.99 Å². The fourth-order valence-corrected chi connectivity index (χ4v) is 8.21. The summed E-state index contributed by atoms with van der Waals surface area (Å²) in [5.74, 6) is 1.41. The van der Waals surface area contributed by atoms with Crippen LogP contribution in [0.25, 0.3) is 16.7 Å². The molecule has 4 unspecified atom stereocenters. The lowest BCUT2D eigenvalue weighted by Gasteiger charge is -2.34. The lowest BCUT2D eigenvalue weighted by atomic mass is 9.83. The molecule has 3 aliphatic rings. The Bertz CT molecular complexity index is 2290. The second kappa shape index (κ2) is 13.6. The molecule has 1 aliphatic carbocycles. The Morgan fingerprint density at radius 1 is 0.635 bits per heavy atom. The summed E-state index contributed by atoms with van der Waals surface area (Å²) in [5, 5.41) is 7.50. The number of hydrogen-bond donors (Lipinski definition) is 2. The number of aliphatic imine (C=N–C) groups is 1.